The van der Waals surface area contributed by atoms with Gasteiger partial charge < -0.3 is 5.11 Å². The van der Waals surface area contributed by atoms with Crippen LogP contribution in [-0.4, -0.2) is 14.9 Å². The van der Waals surface area contributed by atoms with E-state index >= 15 is 0 Å². The lowest BCUT2D eigenvalue weighted by molar-refractivity contribution is 0.414. The lowest BCUT2D eigenvalue weighted by atomic mass is 9.85. The van der Waals surface area contributed by atoms with Crippen molar-refractivity contribution in [3.63, 3.8) is 0 Å². The van der Waals surface area contributed by atoms with Crippen molar-refractivity contribution < 1.29 is 5.11 Å². The van der Waals surface area contributed by atoms with Crippen molar-refractivity contribution in [1.29, 1.82) is 0 Å². The third-order valence-corrected chi connectivity index (χ3v) is 4.64. The van der Waals surface area contributed by atoms with E-state index in [0.717, 1.165) is 22.5 Å². The van der Waals surface area contributed by atoms with E-state index in [1.54, 1.807) is 4.68 Å². The van der Waals surface area contributed by atoms with E-state index in [-0.39, 0.29) is 11.3 Å². The monoisotopic (exact) mass is 334 g/mol. The molecule has 0 saturated heterocycles. The summed E-state index contributed by atoms with van der Waals surface area (Å²) in [5.41, 5.74) is 6.99. The fourth-order valence-electron chi connectivity index (χ4n) is 3.13. The van der Waals surface area contributed by atoms with E-state index in [2.05, 4.69) is 71.9 Å². The van der Waals surface area contributed by atoms with Crippen LogP contribution in [0.4, 0.5) is 0 Å². The molecule has 130 valence electrons. The molecule has 3 rings (SSSR count). The Morgan fingerprint density at radius 1 is 0.920 bits per heavy atom. The zero-order chi connectivity index (χ0) is 18.4. The van der Waals surface area contributed by atoms with Gasteiger partial charge in [0.25, 0.3) is 0 Å². The number of rotatable bonds is 2. The lowest BCUT2D eigenvalue weighted by Crippen LogP contribution is -2.12. The number of hydrogen-bond donors (Lipinski definition) is 1. The van der Waals surface area contributed by atoms with Crippen LogP contribution >= 0.6 is 0 Å². The third kappa shape index (κ3) is 3.19. The van der Waals surface area contributed by atoms with Crippen LogP contribution in [-0.2, 0) is 5.41 Å². The summed E-state index contributed by atoms with van der Waals surface area (Å²) in [6.45, 7) is 12.5. The molecule has 0 atom stereocenters. The molecule has 0 amide bonds. The van der Waals surface area contributed by atoms with Crippen molar-refractivity contribution in [2.24, 2.45) is 0 Å². The van der Waals surface area contributed by atoms with Crippen LogP contribution in [0.1, 0.15) is 43.0 Å². The predicted molar refractivity (Wildman–Crippen MR) is 104 cm³/mol. The summed E-state index contributed by atoms with van der Waals surface area (Å²) >= 11 is 0. The van der Waals surface area contributed by atoms with Crippen molar-refractivity contribution >= 4 is 0 Å². The van der Waals surface area contributed by atoms with Gasteiger partial charge in [-0.2, -0.15) is 5.10 Å². The highest BCUT2D eigenvalue weighted by atomic mass is 16.3. The Kier molecular flexibility index (Phi) is 4.19. The average Bonchev–Trinajstić information content (AvgIpc) is 2.88. The van der Waals surface area contributed by atoms with Gasteiger partial charge in [-0.15, -0.1) is 0 Å². The summed E-state index contributed by atoms with van der Waals surface area (Å²) < 4.78 is 1.66. The summed E-state index contributed by atoms with van der Waals surface area (Å²) in [7, 11) is 0. The number of hydrogen-bond acceptors (Lipinski definition) is 2. The van der Waals surface area contributed by atoms with Gasteiger partial charge in [0, 0.05) is 11.1 Å². The van der Waals surface area contributed by atoms with Crippen molar-refractivity contribution in [1.82, 2.24) is 9.78 Å². The van der Waals surface area contributed by atoms with Crippen LogP contribution in [0.25, 0.3) is 16.9 Å². The number of nitrogens with zero attached hydrogens (tertiary/aromatic N) is 2. The Hall–Kier alpha value is -2.55. The molecule has 3 heteroatoms. The molecule has 0 fully saturated rings. The van der Waals surface area contributed by atoms with Gasteiger partial charge in [-0.3, -0.25) is 0 Å². The maximum absolute atomic E-state index is 11.0. The van der Waals surface area contributed by atoms with E-state index in [9.17, 15) is 5.11 Å². The molecule has 3 aromatic rings. The average molecular weight is 334 g/mol. The molecule has 0 spiro atoms. The van der Waals surface area contributed by atoms with Crippen LogP contribution in [0, 0.1) is 20.8 Å². The van der Waals surface area contributed by atoms with Crippen LogP contribution in [0.3, 0.4) is 0 Å². The van der Waals surface area contributed by atoms with Crippen LogP contribution in [0.15, 0.2) is 42.5 Å². The minimum atomic E-state index is -0.221. The van der Waals surface area contributed by atoms with E-state index in [1.165, 1.54) is 16.7 Å². The fraction of sp³-hybridized carbons (Fsp3) is 0.318. The summed E-state index contributed by atoms with van der Waals surface area (Å²) in [5, 5.41) is 15.8. The quantitative estimate of drug-likeness (QED) is 0.675. The number of aromatic nitrogens is 2. The van der Waals surface area contributed by atoms with Gasteiger partial charge >= 0.3 is 0 Å². The van der Waals surface area contributed by atoms with E-state index < -0.39 is 0 Å². The minimum Gasteiger partial charge on any atom is -0.493 e. The highest BCUT2D eigenvalue weighted by Gasteiger charge is 2.29. The molecule has 3 nitrogen and oxygen atoms in total. The van der Waals surface area contributed by atoms with E-state index in [1.807, 2.05) is 12.1 Å². The normalized spacial score (nSPS) is 11.8. The molecule has 0 aliphatic rings. The number of aryl methyl sites for hydroxylation is 3. The molecule has 1 N–H and O–H groups in total. The third-order valence-electron chi connectivity index (χ3n) is 4.64. The highest BCUT2D eigenvalue weighted by molar-refractivity contribution is 5.68. The zero-order valence-corrected chi connectivity index (χ0v) is 15.9. The fourth-order valence-corrected chi connectivity index (χ4v) is 3.13. The molecular weight excluding hydrogens is 308 g/mol. The van der Waals surface area contributed by atoms with Gasteiger partial charge in [0.1, 0.15) is 5.69 Å². The largest absolute Gasteiger partial charge is 0.493 e. The second-order valence-corrected chi connectivity index (χ2v) is 7.85. The van der Waals surface area contributed by atoms with Crippen LogP contribution < -0.4 is 0 Å². The first-order chi connectivity index (χ1) is 11.7. The van der Waals surface area contributed by atoms with Gasteiger partial charge in [0.2, 0.25) is 5.88 Å². The molecule has 0 aliphatic heterocycles. The zero-order valence-electron chi connectivity index (χ0n) is 15.9. The first-order valence-corrected chi connectivity index (χ1v) is 8.65. The van der Waals surface area contributed by atoms with Gasteiger partial charge in [-0.25, -0.2) is 4.68 Å². The Bertz CT molecular complexity index is 930. The summed E-state index contributed by atoms with van der Waals surface area (Å²) in [4.78, 5) is 0. The predicted octanol–water partition coefficient (Wildman–Crippen LogP) is 5.47. The maximum Gasteiger partial charge on any atom is 0.218 e. The molecule has 0 bridgehead atoms. The van der Waals surface area contributed by atoms with Crippen molar-refractivity contribution in [3.8, 4) is 22.8 Å². The van der Waals surface area contributed by atoms with Gasteiger partial charge in [0.15, 0.2) is 0 Å². The Morgan fingerprint density at radius 3 is 2.24 bits per heavy atom. The standard InChI is InChI=1S/C22H26N2O/c1-14-8-7-9-17(12-14)20-19(22(4,5)6)21(25)24(23-20)18-11-10-15(2)16(3)13-18/h7-13,25H,1-6H3. The molecular formula is C22H26N2O. The van der Waals surface area contributed by atoms with Gasteiger partial charge in [0.05, 0.1) is 5.69 Å². The Morgan fingerprint density at radius 2 is 1.64 bits per heavy atom. The molecule has 25 heavy (non-hydrogen) atoms. The number of benzene rings is 2. The van der Waals surface area contributed by atoms with Crippen molar-refractivity contribution in [3.05, 3.63) is 64.7 Å². The summed E-state index contributed by atoms with van der Waals surface area (Å²) in [6.07, 6.45) is 0. The molecule has 2 aromatic carbocycles. The van der Waals surface area contributed by atoms with E-state index in [4.69, 9.17) is 5.10 Å². The first kappa shape index (κ1) is 17.3. The molecule has 0 unspecified atom stereocenters. The summed E-state index contributed by atoms with van der Waals surface area (Å²) in [5.74, 6) is 0.215. The molecule has 1 heterocycles. The molecule has 0 saturated carbocycles. The summed E-state index contributed by atoms with van der Waals surface area (Å²) in [6, 6.07) is 14.4. The smallest absolute Gasteiger partial charge is 0.218 e. The van der Waals surface area contributed by atoms with Gasteiger partial charge in [-0.1, -0.05) is 50.6 Å². The molecule has 1 aromatic heterocycles. The minimum absolute atomic E-state index is 0.215. The first-order valence-electron chi connectivity index (χ1n) is 8.65. The highest BCUT2D eigenvalue weighted by Crippen LogP contribution is 2.40. The van der Waals surface area contributed by atoms with Crippen LogP contribution in [0.5, 0.6) is 5.88 Å². The molecule has 0 aliphatic carbocycles. The van der Waals surface area contributed by atoms with Crippen molar-refractivity contribution in [2.45, 2.75) is 47.0 Å². The van der Waals surface area contributed by atoms with Crippen molar-refractivity contribution in [2.75, 3.05) is 0 Å². The van der Waals surface area contributed by atoms with E-state index in [0.29, 0.717) is 0 Å². The topological polar surface area (TPSA) is 38.0 Å². The number of aromatic hydroxyl groups is 1. The maximum atomic E-state index is 11.0. The lowest BCUT2D eigenvalue weighted by Gasteiger charge is -2.19. The second-order valence-electron chi connectivity index (χ2n) is 7.85. The SMILES string of the molecule is Cc1cccc(-c2nn(-c3ccc(C)c(C)c3)c(O)c2C(C)(C)C)c1. The second kappa shape index (κ2) is 6.07. The Balaban J connectivity index is 2.27. The Labute approximate surface area is 150 Å². The van der Waals surface area contributed by atoms with Crippen LogP contribution in [0.2, 0.25) is 0 Å². The molecule has 0 radical (unpaired) electrons. The van der Waals surface area contributed by atoms with Gasteiger partial charge in [-0.05, 0) is 55.5 Å².